The summed E-state index contributed by atoms with van der Waals surface area (Å²) in [5.41, 5.74) is 0.905. The van der Waals surface area contributed by atoms with E-state index in [0.717, 1.165) is 24.8 Å². The monoisotopic (exact) mass is 460 g/mol. The van der Waals surface area contributed by atoms with Gasteiger partial charge in [-0.3, -0.25) is 0 Å². The molecule has 4 aliphatic rings. The average Bonchev–Trinajstić information content (AvgIpc) is 3.08. The Morgan fingerprint density at radius 3 is 2.21 bits per heavy atom. The highest BCUT2D eigenvalue weighted by Gasteiger charge is 2.69. The Morgan fingerprint density at radius 1 is 0.939 bits per heavy atom. The molecule has 190 valence electrons. The molecule has 3 nitrogen and oxygen atoms in total. The van der Waals surface area contributed by atoms with E-state index >= 15 is 0 Å². The molecule has 0 aromatic rings. The first kappa shape index (κ1) is 25.7. The van der Waals surface area contributed by atoms with Crippen LogP contribution < -0.4 is 0 Å². The minimum atomic E-state index is -0.736. The number of fused-ring (bicyclic) bond motifs is 5. The van der Waals surface area contributed by atoms with Crippen LogP contribution in [-0.4, -0.2) is 33.1 Å². The van der Waals surface area contributed by atoms with Crippen molar-refractivity contribution in [3.05, 3.63) is 12.2 Å². The topological polar surface area (TPSA) is 60.7 Å². The molecule has 3 heteroatoms. The van der Waals surface area contributed by atoms with Gasteiger partial charge in [-0.05, 0) is 123 Å². The molecule has 0 spiro atoms. The van der Waals surface area contributed by atoms with Crippen molar-refractivity contribution in [3.8, 4) is 0 Å². The van der Waals surface area contributed by atoms with Gasteiger partial charge in [0.05, 0.1) is 17.8 Å². The van der Waals surface area contributed by atoms with Crippen LogP contribution in [0, 0.1) is 45.3 Å². The van der Waals surface area contributed by atoms with E-state index in [9.17, 15) is 15.3 Å². The van der Waals surface area contributed by atoms with Gasteiger partial charge in [-0.2, -0.15) is 0 Å². The van der Waals surface area contributed by atoms with E-state index < -0.39 is 11.7 Å². The standard InChI is InChI=1S/C30H52O3/c1-19(2)22(31)12-18-30(8,33)21-11-16-28(6)20(21)9-10-24-27(5)15-14-25(32)26(3,4)23(27)13-17-29(24,28)7/h20-25,31-33H,1,9-18H2,2-8H3/t20-,21+,22?,23+,24-,25+,27+,28-,29-,30+/m1/s1. The van der Waals surface area contributed by atoms with Gasteiger partial charge in [-0.1, -0.05) is 46.8 Å². The summed E-state index contributed by atoms with van der Waals surface area (Å²) in [6.45, 7) is 20.2. The van der Waals surface area contributed by atoms with E-state index in [2.05, 4.69) is 41.2 Å². The van der Waals surface area contributed by atoms with E-state index in [4.69, 9.17) is 0 Å². The number of hydrogen-bond acceptors (Lipinski definition) is 3. The van der Waals surface area contributed by atoms with E-state index in [1.807, 2.05) is 13.8 Å². The molecule has 1 unspecified atom stereocenters. The molecule has 4 saturated carbocycles. The molecular weight excluding hydrogens is 408 g/mol. The van der Waals surface area contributed by atoms with Crippen LogP contribution in [0.4, 0.5) is 0 Å². The third kappa shape index (κ3) is 3.61. The Kier molecular flexibility index (Phi) is 6.28. The molecule has 0 amide bonds. The highest BCUT2D eigenvalue weighted by Crippen LogP contribution is 2.75. The normalized spacial score (nSPS) is 49.3. The van der Waals surface area contributed by atoms with Crippen LogP contribution in [0.5, 0.6) is 0 Å². The first-order valence-corrected chi connectivity index (χ1v) is 13.8. The fourth-order valence-corrected chi connectivity index (χ4v) is 10.3. The van der Waals surface area contributed by atoms with Crippen molar-refractivity contribution in [1.29, 1.82) is 0 Å². The zero-order valence-corrected chi connectivity index (χ0v) is 22.6. The van der Waals surface area contributed by atoms with Gasteiger partial charge < -0.3 is 15.3 Å². The molecule has 0 radical (unpaired) electrons. The zero-order valence-electron chi connectivity index (χ0n) is 22.6. The smallest absolute Gasteiger partial charge is 0.0745 e. The van der Waals surface area contributed by atoms with E-state index in [0.29, 0.717) is 47.3 Å². The van der Waals surface area contributed by atoms with Gasteiger partial charge >= 0.3 is 0 Å². The molecule has 0 aromatic carbocycles. The molecule has 10 atom stereocenters. The second-order valence-corrected chi connectivity index (χ2v) is 14.4. The molecule has 0 bridgehead atoms. The van der Waals surface area contributed by atoms with Gasteiger partial charge in [-0.25, -0.2) is 0 Å². The lowest BCUT2D eigenvalue weighted by Crippen LogP contribution is -2.64. The summed E-state index contributed by atoms with van der Waals surface area (Å²) < 4.78 is 0. The van der Waals surface area contributed by atoms with Crippen molar-refractivity contribution >= 4 is 0 Å². The molecule has 0 saturated heterocycles. The first-order chi connectivity index (χ1) is 15.1. The fourth-order valence-electron chi connectivity index (χ4n) is 10.3. The zero-order chi connectivity index (χ0) is 24.6. The Balaban J connectivity index is 1.59. The number of rotatable bonds is 5. The summed E-state index contributed by atoms with van der Waals surface area (Å²) in [7, 11) is 0. The van der Waals surface area contributed by atoms with Crippen LogP contribution in [0.3, 0.4) is 0 Å². The van der Waals surface area contributed by atoms with Crippen molar-refractivity contribution in [2.75, 3.05) is 0 Å². The van der Waals surface area contributed by atoms with Crippen molar-refractivity contribution in [2.24, 2.45) is 45.3 Å². The number of aliphatic hydroxyl groups is 3. The lowest BCUT2D eigenvalue weighted by atomic mass is 9.35. The maximum Gasteiger partial charge on any atom is 0.0745 e. The van der Waals surface area contributed by atoms with Gasteiger partial charge in [0.1, 0.15) is 0 Å². The summed E-state index contributed by atoms with van der Waals surface area (Å²) in [6.07, 6.45) is 9.91. The summed E-state index contributed by atoms with van der Waals surface area (Å²) in [5, 5.41) is 32.8. The van der Waals surface area contributed by atoms with Crippen LogP contribution in [0.2, 0.25) is 0 Å². The Hall–Kier alpha value is -0.380. The Bertz CT molecular complexity index is 771. The second-order valence-electron chi connectivity index (χ2n) is 14.4. The predicted octanol–water partition coefficient (Wildman–Crippen LogP) is 6.50. The molecule has 4 rings (SSSR count). The minimum absolute atomic E-state index is 0.00190. The Labute approximate surface area is 203 Å². The molecule has 4 aliphatic carbocycles. The maximum atomic E-state index is 11.6. The van der Waals surface area contributed by atoms with Crippen LogP contribution in [0.1, 0.15) is 113 Å². The summed E-state index contributed by atoms with van der Waals surface area (Å²) in [5.74, 6) is 2.16. The van der Waals surface area contributed by atoms with Crippen molar-refractivity contribution in [2.45, 2.75) is 130 Å². The van der Waals surface area contributed by atoms with Crippen LogP contribution >= 0.6 is 0 Å². The van der Waals surface area contributed by atoms with Gasteiger partial charge in [0.25, 0.3) is 0 Å². The van der Waals surface area contributed by atoms with Gasteiger partial charge in [-0.15, -0.1) is 0 Å². The van der Waals surface area contributed by atoms with Crippen molar-refractivity contribution in [3.63, 3.8) is 0 Å². The van der Waals surface area contributed by atoms with Crippen LogP contribution in [-0.2, 0) is 0 Å². The molecule has 0 heterocycles. The van der Waals surface area contributed by atoms with E-state index in [1.54, 1.807) is 0 Å². The molecule has 3 N–H and O–H groups in total. The lowest BCUT2D eigenvalue weighted by Gasteiger charge is -2.70. The lowest BCUT2D eigenvalue weighted by molar-refractivity contribution is -0.225. The summed E-state index contributed by atoms with van der Waals surface area (Å²) >= 11 is 0. The molecule has 0 aliphatic heterocycles. The van der Waals surface area contributed by atoms with E-state index in [-0.39, 0.29) is 16.9 Å². The summed E-state index contributed by atoms with van der Waals surface area (Å²) in [4.78, 5) is 0. The Morgan fingerprint density at radius 2 is 1.58 bits per heavy atom. The molecule has 33 heavy (non-hydrogen) atoms. The SMILES string of the molecule is C=C(C)C(O)CC[C@](C)(O)[C@H]1CC[C@]2(C)[C@@H]1CC[C@@H]1[C@@]3(C)CC[C@H](O)C(C)(C)[C@@H]3CC[C@]12C. The quantitative estimate of drug-likeness (QED) is 0.410. The van der Waals surface area contributed by atoms with Gasteiger partial charge in [0.15, 0.2) is 0 Å². The fraction of sp³-hybridized carbons (Fsp3) is 0.933. The highest BCUT2D eigenvalue weighted by atomic mass is 16.3. The number of aliphatic hydroxyl groups excluding tert-OH is 2. The van der Waals surface area contributed by atoms with Crippen molar-refractivity contribution < 1.29 is 15.3 Å². The van der Waals surface area contributed by atoms with Crippen LogP contribution in [0.25, 0.3) is 0 Å². The third-order valence-electron chi connectivity index (χ3n) is 12.7. The van der Waals surface area contributed by atoms with Gasteiger partial charge in [0, 0.05) is 0 Å². The van der Waals surface area contributed by atoms with E-state index in [1.165, 1.54) is 32.1 Å². The summed E-state index contributed by atoms with van der Waals surface area (Å²) in [6, 6.07) is 0. The maximum absolute atomic E-state index is 11.6. The number of hydrogen-bond donors (Lipinski definition) is 3. The highest BCUT2D eigenvalue weighted by molar-refractivity contribution is 5.18. The second kappa shape index (κ2) is 8.07. The molecule has 4 fully saturated rings. The molecule has 0 aromatic heterocycles. The third-order valence-corrected chi connectivity index (χ3v) is 12.7. The molecular formula is C30H52O3. The van der Waals surface area contributed by atoms with Crippen LogP contribution in [0.15, 0.2) is 12.2 Å². The average molecular weight is 461 g/mol. The predicted molar refractivity (Wildman–Crippen MR) is 136 cm³/mol. The largest absolute Gasteiger partial charge is 0.393 e. The van der Waals surface area contributed by atoms with Crippen molar-refractivity contribution in [1.82, 2.24) is 0 Å². The van der Waals surface area contributed by atoms with Gasteiger partial charge in [0.2, 0.25) is 0 Å². The minimum Gasteiger partial charge on any atom is -0.393 e. The first-order valence-electron chi connectivity index (χ1n) is 13.8.